The van der Waals surface area contributed by atoms with Gasteiger partial charge in [-0.3, -0.25) is 0 Å². The van der Waals surface area contributed by atoms with E-state index in [2.05, 4.69) is 19.9 Å². The lowest BCUT2D eigenvalue weighted by Gasteiger charge is -2.37. The Morgan fingerprint density at radius 2 is 1.70 bits per heavy atom. The molecule has 0 aromatic heterocycles. The van der Waals surface area contributed by atoms with Crippen molar-refractivity contribution in [2.45, 2.75) is 90.3 Å². The molecule has 0 amide bonds. The van der Waals surface area contributed by atoms with E-state index in [1.54, 1.807) is 6.07 Å². The van der Waals surface area contributed by atoms with Crippen LogP contribution in [0.5, 0.6) is 0 Å². The fraction of sp³-hybridized carbons (Fsp3) is 0.750. The summed E-state index contributed by atoms with van der Waals surface area (Å²) in [5.74, 6) is 1.54. The summed E-state index contributed by atoms with van der Waals surface area (Å²) in [4.78, 5) is 0. The summed E-state index contributed by atoms with van der Waals surface area (Å²) in [6.45, 7) is 6.06. The van der Waals surface area contributed by atoms with Gasteiger partial charge in [-0.2, -0.15) is 0 Å². The Morgan fingerprint density at radius 1 is 0.963 bits per heavy atom. The number of hydrogen-bond donors (Lipinski definition) is 0. The minimum atomic E-state index is -0.0236. The highest BCUT2D eigenvalue weighted by atomic mass is 19.1. The minimum Gasteiger partial charge on any atom is -0.352 e. The van der Waals surface area contributed by atoms with Gasteiger partial charge < -0.3 is 9.47 Å². The lowest BCUT2D eigenvalue weighted by Crippen LogP contribution is -2.38. The van der Waals surface area contributed by atoms with Crippen LogP contribution in [0, 0.1) is 17.7 Å². The Kier molecular flexibility index (Phi) is 8.14. The third-order valence-electron chi connectivity index (χ3n) is 6.43. The quantitative estimate of drug-likeness (QED) is 0.475. The Hall–Kier alpha value is -0.930. The van der Waals surface area contributed by atoms with Crippen LogP contribution in [0.25, 0.3) is 0 Å². The monoisotopic (exact) mass is 376 g/mol. The highest BCUT2D eigenvalue weighted by Gasteiger charge is 2.32. The van der Waals surface area contributed by atoms with E-state index in [1.165, 1.54) is 31.2 Å². The van der Waals surface area contributed by atoms with E-state index in [9.17, 15) is 4.39 Å². The predicted molar refractivity (Wildman–Crippen MR) is 108 cm³/mol. The molecular weight excluding hydrogens is 339 g/mol. The fourth-order valence-electron chi connectivity index (χ4n) is 4.69. The molecule has 1 saturated heterocycles. The number of unbranched alkanes of at least 4 members (excludes halogenated alkanes) is 2. The Balaban J connectivity index is 1.43. The van der Waals surface area contributed by atoms with E-state index in [0.717, 1.165) is 57.3 Å². The summed E-state index contributed by atoms with van der Waals surface area (Å²) in [7, 11) is 0. The Morgan fingerprint density at radius 3 is 2.33 bits per heavy atom. The smallest absolute Gasteiger partial charge is 0.160 e. The van der Waals surface area contributed by atoms with Gasteiger partial charge in [0.15, 0.2) is 6.29 Å². The molecule has 3 heteroatoms. The first-order valence-electron chi connectivity index (χ1n) is 11.2. The van der Waals surface area contributed by atoms with Gasteiger partial charge >= 0.3 is 0 Å². The molecule has 3 rings (SSSR count). The molecule has 0 N–H and O–H groups in total. The van der Waals surface area contributed by atoms with E-state index in [-0.39, 0.29) is 12.1 Å². The number of ether oxygens (including phenoxy) is 2. The molecule has 1 aromatic carbocycles. The van der Waals surface area contributed by atoms with Crippen LogP contribution in [0.1, 0.15) is 88.7 Å². The molecule has 2 fully saturated rings. The molecule has 2 nitrogen and oxygen atoms in total. The van der Waals surface area contributed by atoms with Crippen LogP contribution in [0.2, 0.25) is 0 Å². The lowest BCUT2D eigenvalue weighted by molar-refractivity contribution is -0.229. The van der Waals surface area contributed by atoms with Crippen molar-refractivity contribution < 1.29 is 13.9 Å². The molecule has 1 aliphatic carbocycles. The van der Waals surface area contributed by atoms with E-state index in [4.69, 9.17) is 9.47 Å². The SMILES string of the molecule is CCCCCC1COC([C@H]2CC[C@H](c3ccc(CCC)c(F)c3)CC2)OC1. The number of rotatable bonds is 8. The number of hydrogen-bond acceptors (Lipinski definition) is 2. The molecule has 0 bridgehead atoms. The van der Waals surface area contributed by atoms with Crippen LogP contribution >= 0.6 is 0 Å². The maximum atomic E-state index is 14.3. The zero-order valence-corrected chi connectivity index (χ0v) is 17.2. The van der Waals surface area contributed by atoms with Gasteiger partial charge in [-0.25, -0.2) is 4.39 Å². The highest BCUT2D eigenvalue weighted by molar-refractivity contribution is 5.27. The molecule has 27 heavy (non-hydrogen) atoms. The van der Waals surface area contributed by atoms with Gasteiger partial charge in [0.1, 0.15) is 5.82 Å². The van der Waals surface area contributed by atoms with Crippen molar-refractivity contribution in [3.63, 3.8) is 0 Å². The first-order valence-corrected chi connectivity index (χ1v) is 11.2. The van der Waals surface area contributed by atoms with Crippen molar-refractivity contribution in [2.24, 2.45) is 11.8 Å². The second kappa shape index (κ2) is 10.6. The topological polar surface area (TPSA) is 18.5 Å². The summed E-state index contributed by atoms with van der Waals surface area (Å²) in [6.07, 6.45) is 11.4. The average molecular weight is 377 g/mol. The zero-order valence-electron chi connectivity index (χ0n) is 17.2. The van der Waals surface area contributed by atoms with Crippen molar-refractivity contribution in [1.82, 2.24) is 0 Å². The number of halogens is 1. The van der Waals surface area contributed by atoms with Crippen LogP contribution in [0.15, 0.2) is 18.2 Å². The number of benzene rings is 1. The Labute approximate surface area is 164 Å². The molecule has 1 heterocycles. The van der Waals surface area contributed by atoms with Gasteiger partial charge in [0.25, 0.3) is 0 Å². The van der Waals surface area contributed by atoms with Gasteiger partial charge in [-0.05, 0) is 61.6 Å². The molecule has 1 aliphatic heterocycles. The zero-order chi connectivity index (χ0) is 19.1. The molecule has 152 valence electrons. The van der Waals surface area contributed by atoms with Crippen molar-refractivity contribution >= 4 is 0 Å². The highest BCUT2D eigenvalue weighted by Crippen LogP contribution is 2.39. The molecule has 2 aliphatic rings. The fourth-order valence-corrected chi connectivity index (χ4v) is 4.69. The van der Waals surface area contributed by atoms with Crippen molar-refractivity contribution in [3.05, 3.63) is 35.1 Å². The molecule has 1 aromatic rings. The normalized spacial score (nSPS) is 29.0. The molecule has 0 unspecified atom stereocenters. The summed E-state index contributed by atoms with van der Waals surface area (Å²) in [5.41, 5.74) is 2.03. The van der Waals surface area contributed by atoms with Gasteiger partial charge in [-0.1, -0.05) is 51.7 Å². The molecule has 0 radical (unpaired) electrons. The van der Waals surface area contributed by atoms with Gasteiger partial charge in [0, 0.05) is 11.8 Å². The van der Waals surface area contributed by atoms with E-state index < -0.39 is 0 Å². The van der Waals surface area contributed by atoms with Crippen LogP contribution in [0.3, 0.4) is 0 Å². The third-order valence-corrected chi connectivity index (χ3v) is 6.43. The summed E-state index contributed by atoms with van der Waals surface area (Å²) in [6, 6.07) is 5.92. The van der Waals surface area contributed by atoms with Gasteiger partial charge in [-0.15, -0.1) is 0 Å². The van der Waals surface area contributed by atoms with E-state index >= 15 is 0 Å². The van der Waals surface area contributed by atoms with E-state index in [0.29, 0.717) is 17.8 Å². The minimum absolute atomic E-state index is 0.0166. The molecule has 1 saturated carbocycles. The summed E-state index contributed by atoms with van der Waals surface area (Å²) < 4.78 is 26.4. The largest absolute Gasteiger partial charge is 0.352 e. The molecular formula is C24H37FO2. The standard InChI is InChI=1S/C24H37FO2/c1-3-5-6-8-18-16-26-24(27-17-18)21-12-9-19(10-13-21)22-14-11-20(7-4-2)23(25)15-22/h11,14-15,18-19,21,24H,3-10,12-13,16-17H2,1-2H3/t18?,19-,21-,24?. The van der Waals surface area contributed by atoms with Gasteiger partial charge in [0.2, 0.25) is 0 Å². The number of aryl methyl sites for hydroxylation is 1. The van der Waals surface area contributed by atoms with Crippen LogP contribution < -0.4 is 0 Å². The van der Waals surface area contributed by atoms with Crippen molar-refractivity contribution in [2.75, 3.05) is 13.2 Å². The van der Waals surface area contributed by atoms with Crippen LogP contribution in [-0.4, -0.2) is 19.5 Å². The Bertz CT molecular complexity index is 557. The molecule has 0 atom stereocenters. The summed E-state index contributed by atoms with van der Waals surface area (Å²) in [5, 5.41) is 0. The average Bonchev–Trinajstić information content (AvgIpc) is 2.71. The molecule has 0 spiro atoms. The predicted octanol–water partition coefficient (Wildman–Crippen LogP) is 6.62. The lowest BCUT2D eigenvalue weighted by atomic mass is 9.78. The summed E-state index contributed by atoms with van der Waals surface area (Å²) >= 11 is 0. The van der Waals surface area contributed by atoms with Crippen molar-refractivity contribution in [3.8, 4) is 0 Å². The maximum absolute atomic E-state index is 14.3. The first-order chi connectivity index (χ1) is 13.2. The van der Waals surface area contributed by atoms with E-state index in [1.807, 2.05) is 6.07 Å². The van der Waals surface area contributed by atoms with Gasteiger partial charge in [0.05, 0.1) is 13.2 Å². The van der Waals surface area contributed by atoms with Crippen LogP contribution in [0.4, 0.5) is 4.39 Å². The second-order valence-corrected chi connectivity index (χ2v) is 8.61. The second-order valence-electron chi connectivity index (χ2n) is 8.61. The third kappa shape index (κ3) is 5.77. The maximum Gasteiger partial charge on any atom is 0.160 e. The van der Waals surface area contributed by atoms with Crippen molar-refractivity contribution in [1.29, 1.82) is 0 Å². The first kappa shape index (κ1) is 20.8. The van der Waals surface area contributed by atoms with Crippen LogP contribution in [-0.2, 0) is 15.9 Å².